The molecule has 0 unspecified atom stereocenters. The fourth-order valence-corrected chi connectivity index (χ4v) is 2.24. The number of hydrogen-bond acceptors (Lipinski definition) is 5. The van der Waals surface area contributed by atoms with E-state index in [2.05, 4.69) is 15.6 Å². The van der Waals surface area contributed by atoms with Crippen molar-refractivity contribution in [3.63, 3.8) is 0 Å². The first-order chi connectivity index (χ1) is 9.68. The molecule has 0 radical (unpaired) electrons. The summed E-state index contributed by atoms with van der Waals surface area (Å²) in [7, 11) is -3.18. The summed E-state index contributed by atoms with van der Waals surface area (Å²) in [5, 5.41) is 5.32. The highest BCUT2D eigenvalue weighted by atomic mass is 32.2. The lowest BCUT2D eigenvalue weighted by molar-refractivity contribution is -0.137. The Bertz CT molecular complexity index is 574. The zero-order chi connectivity index (χ0) is 16.1. The number of alkyl halides is 3. The van der Waals surface area contributed by atoms with Crippen molar-refractivity contribution in [1.29, 1.82) is 0 Å². The summed E-state index contributed by atoms with van der Waals surface area (Å²) in [4.78, 5) is 3.97. The van der Waals surface area contributed by atoms with Gasteiger partial charge >= 0.3 is 6.18 Å². The molecule has 0 saturated carbocycles. The number of halogens is 3. The molecule has 0 saturated heterocycles. The molecule has 9 heteroatoms. The van der Waals surface area contributed by atoms with Crippen LogP contribution in [0.15, 0.2) is 12.1 Å². The first-order valence-electron chi connectivity index (χ1n) is 6.45. The number of hydrogen-bond donors (Lipinski definition) is 2. The maximum Gasteiger partial charge on any atom is 0.416 e. The predicted octanol–water partition coefficient (Wildman–Crippen LogP) is 2.38. The highest BCUT2D eigenvalue weighted by molar-refractivity contribution is 7.91. The second-order valence-corrected chi connectivity index (χ2v) is 6.79. The van der Waals surface area contributed by atoms with Crippen molar-refractivity contribution in [1.82, 2.24) is 4.98 Å². The molecule has 0 aliphatic heterocycles. The smallest absolute Gasteiger partial charge is 0.370 e. The van der Waals surface area contributed by atoms with E-state index < -0.39 is 21.6 Å². The highest BCUT2D eigenvalue weighted by Crippen LogP contribution is 2.31. The summed E-state index contributed by atoms with van der Waals surface area (Å²) >= 11 is 0. The summed E-state index contributed by atoms with van der Waals surface area (Å²) < 4.78 is 61.0. The summed E-state index contributed by atoms with van der Waals surface area (Å²) in [5.74, 6) is -0.0778. The van der Waals surface area contributed by atoms with Gasteiger partial charge in [-0.25, -0.2) is 13.4 Å². The van der Waals surface area contributed by atoms with Crippen LogP contribution in [0.4, 0.5) is 24.8 Å². The topological polar surface area (TPSA) is 71.1 Å². The number of sulfone groups is 1. The van der Waals surface area contributed by atoms with Gasteiger partial charge in [-0.1, -0.05) is 6.92 Å². The van der Waals surface area contributed by atoms with Crippen LogP contribution in [-0.4, -0.2) is 38.0 Å². The van der Waals surface area contributed by atoms with Crippen LogP contribution in [0.2, 0.25) is 0 Å². The second-order valence-electron chi connectivity index (χ2n) is 4.32. The van der Waals surface area contributed by atoms with Crippen LogP contribution in [0.5, 0.6) is 0 Å². The molecule has 0 spiro atoms. The Labute approximate surface area is 121 Å². The molecule has 0 amide bonds. The number of pyridine rings is 1. The first kappa shape index (κ1) is 17.5. The molecule has 0 fully saturated rings. The van der Waals surface area contributed by atoms with Crippen LogP contribution in [0.3, 0.4) is 0 Å². The Morgan fingerprint density at radius 3 is 2.19 bits per heavy atom. The van der Waals surface area contributed by atoms with E-state index >= 15 is 0 Å². The van der Waals surface area contributed by atoms with Crippen molar-refractivity contribution in [2.45, 2.75) is 20.0 Å². The molecule has 0 atom stereocenters. The normalized spacial score (nSPS) is 12.2. The van der Waals surface area contributed by atoms with Crippen molar-refractivity contribution in [2.75, 3.05) is 35.2 Å². The third kappa shape index (κ3) is 5.78. The van der Waals surface area contributed by atoms with Crippen LogP contribution in [-0.2, 0) is 16.0 Å². The van der Waals surface area contributed by atoms with Gasteiger partial charge in [0.2, 0.25) is 0 Å². The molecule has 120 valence electrons. The van der Waals surface area contributed by atoms with Crippen LogP contribution < -0.4 is 10.6 Å². The van der Waals surface area contributed by atoms with Crippen LogP contribution in [0, 0.1) is 0 Å². The van der Waals surface area contributed by atoms with Gasteiger partial charge in [-0.05, 0) is 19.1 Å². The van der Waals surface area contributed by atoms with Gasteiger partial charge in [-0.15, -0.1) is 0 Å². The lowest BCUT2D eigenvalue weighted by Gasteiger charge is -2.13. The summed E-state index contributed by atoms with van der Waals surface area (Å²) in [6.45, 7) is 3.69. The fourth-order valence-electron chi connectivity index (χ4n) is 1.54. The summed E-state index contributed by atoms with van der Waals surface area (Å²) in [6.07, 6.45) is -4.49. The van der Waals surface area contributed by atoms with Gasteiger partial charge in [-0.3, -0.25) is 0 Å². The minimum absolute atomic E-state index is 0.00661. The SMILES string of the molecule is CCNc1cc(C(F)(F)F)cc(NCCS(=O)(=O)CC)n1. The average Bonchev–Trinajstić information content (AvgIpc) is 2.38. The third-order valence-corrected chi connectivity index (χ3v) is 4.38. The van der Waals surface area contributed by atoms with Crippen molar-refractivity contribution in [3.05, 3.63) is 17.7 Å². The van der Waals surface area contributed by atoms with E-state index in [1.54, 1.807) is 6.92 Å². The van der Waals surface area contributed by atoms with Crippen LogP contribution in [0.1, 0.15) is 19.4 Å². The Morgan fingerprint density at radius 1 is 1.14 bits per heavy atom. The lowest BCUT2D eigenvalue weighted by Crippen LogP contribution is -2.18. The van der Waals surface area contributed by atoms with E-state index in [0.717, 1.165) is 12.1 Å². The zero-order valence-corrected chi connectivity index (χ0v) is 12.6. The molecule has 0 aliphatic rings. The fraction of sp³-hybridized carbons (Fsp3) is 0.583. The van der Waals surface area contributed by atoms with Gasteiger partial charge in [0.15, 0.2) is 9.84 Å². The molecule has 1 aromatic rings. The van der Waals surface area contributed by atoms with E-state index in [-0.39, 0.29) is 29.7 Å². The van der Waals surface area contributed by atoms with Crippen LogP contribution in [0.25, 0.3) is 0 Å². The maximum absolute atomic E-state index is 12.8. The van der Waals surface area contributed by atoms with Gasteiger partial charge in [0.25, 0.3) is 0 Å². The molecule has 5 nitrogen and oxygen atoms in total. The molecular formula is C12H18F3N3O2S. The minimum Gasteiger partial charge on any atom is -0.370 e. The van der Waals surface area contributed by atoms with Gasteiger partial charge < -0.3 is 10.6 Å². The second kappa shape index (κ2) is 6.97. The summed E-state index contributed by atoms with van der Waals surface area (Å²) in [5.41, 5.74) is -0.839. The van der Waals surface area contributed by atoms with Gasteiger partial charge in [0, 0.05) is 18.8 Å². The van der Waals surface area contributed by atoms with E-state index in [1.807, 2.05) is 0 Å². The molecule has 0 bridgehead atoms. The average molecular weight is 325 g/mol. The lowest BCUT2D eigenvalue weighted by atomic mass is 10.2. The molecule has 0 aromatic carbocycles. The Hall–Kier alpha value is -1.51. The summed E-state index contributed by atoms with van der Waals surface area (Å²) in [6, 6.07) is 1.77. The molecule has 0 aliphatic carbocycles. The minimum atomic E-state index is -4.49. The van der Waals surface area contributed by atoms with E-state index in [4.69, 9.17) is 0 Å². The van der Waals surface area contributed by atoms with Gasteiger partial charge in [0.1, 0.15) is 11.6 Å². The molecule has 1 heterocycles. The number of aromatic nitrogens is 1. The van der Waals surface area contributed by atoms with Crippen molar-refractivity contribution >= 4 is 21.5 Å². The van der Waals surface area contributed by atoms with Crippen molar-refractivity contribution in [3.8, 4) is 0 Å². The molecule has 1 rings (SSSR count). The highest BCUT2D eigenvalue weighted by Gasteiger charge is 2.31. The number of nitrogens with one attached hydrogen (secondary N) is 2. The van der Waals surface area contributed by atoms with Gasteiger partial charge in [-0.2, -0.15) is 13.2 Å². The van der Waals surface area contributed by atoms with Crippen molar-refractivity contribution in [2.24, 2.45) is 0 Å². The third-order valence-electron chi connectivity index (χ3n) is 2.67. The maximum atomic E-state index is 12.8. The first-order valence-corrected chi connectivity index (χ1v) is 8.27. The van der Waals surface area contributed by atoms with E-state index in [1.165, 1.54) is 6.92 Å². The van der Waals surface area contributed by atoms with E-state index in [0.29, 0.717) is 6.54 Å². The monoisotopic (exact) mass is 325 g/mol. The Balaban J connectivity index is 2.88. The molecule has 2 N–H and O–H groups in total. The number of rotatable bonds is 7. The quantitative estimate of drug-likeness (QED) is 0.805. The standard InChI is InChI=1S/C12H18F3N3O2S/c1-3-16-10-7-9(12(13,14)15)8-11(18-10)17-5-6-21(19,20)4-2/h7-8H,3-6H2,1-2H3,(H2,16,17,18). The number of anilines is 2. The van der Waals surface area contributed by atoms with Crippen LogP contribution >= 0.6 is 0 Å². The Morgan fingerprint density at radius 2 is 1.71 bits per heavy atom. The van der Waals surface area contributed by atoms with E-state index in [9.17, 15) is 21.6 Å². The Kier molecular flexibility index (Phi) is 5.82. The predicted molar refractivity (Wildman–Crippen MR) is 76.2 cm³/mol. The molecule has 21 heavy (non-hydrogen) atoms. The van der Waals surface area contributed by atoms with Gasteiger partial charge in [0.05, 0.1) is 11.3 Å². The largest absolute Gasteiger partial charge is 0.416 e. The van der Waals surface area contributed by atoms with Crippen molar-refractivity contribution < 1.29 is 21.6 Å². The molecule has 1 aromatic heterocycles. The zero-order valence-electron chi connectivity index (χ0n) is 11.8. The molecular weight excluding hydrogens is 307 g/mol. The number of nitrogens with zero attached hydrogens (tertiary/aromatic N) is 1.